The van der Waals surface area contributed by atoms with E-state index in [0.29, 0.717) is 6.54 Å². The molecule has 2 N–H and O–H groups in total. The summed E-state index contributed by atoms with van der Waals surface area (Å²) in [4.78, 5) is 11.1. The fourth-order valence-electron chi connectivity index (χ4n) is 1.27. The van der Waals surface area contributed by atoms with E-state index in [9.17, 15) is 4.79 Å². The zero-order chi connectivity index (χ0) is 12.0. The molecule has 1 amide bonds. The minimum atomic E-state index is -0.948. The molecule has 1 aromatic carbocycles. The molecule has 1 atom stereocenters. The molecule has 1 rings (SSSR count). The van der Waals surface area contributed by atoms with Crippen molar-refractivity contribution in [3.05, 3.63) is 29.8 Å². The summed E-state index contributed by atoms with van der Waals surface area (Å²) in [6.45, 7) is 1.97. The van der Waals surface area contributed by atoms with Crippen molar-refractivity contribution in [2.45, 2.75) is 19.4 Å². The van der Waals surface area contributed by atoms with Crippen LogP contribution in [0.1, 0.15) is 12.5 Å². The second-order valence-corrected chi connectivity index (χ2v) is 3.57. The Kier molecular flexibility index (Phi) is 4.79. The van der Waals surface area contributed by atoms with Gasteiger partial charge in [-0.3, -0.25) is 4.79 Å². The Bertz CT molecular complexity index is 333. The molecule has 0 saturated carbocycles. The third kappa shape index (κ3) is 3.90. The lowest BCUT2D eigenvalue weighted by atomic mass is 10.1. The number of carbonyl (C=O) groups excluding carboxylic acids is 1. The Hall–Kier alpha value is -1.55. The average Bonchev–Trinajstić information content (AvgIpc) is 2.29. The summed E-state index contributed by atoms with van der Waals surface area (Å²) in [5.74, 6) is 0.477. The number of nitrogens with one attached hydrogen (secondary N) is 1. The van der Waals surface area contributed by atoms with E-state index >= 15 is 0 Å². The number of ether oxygens (including phenoxy) is 1. The van der Waals surface area contributed by atoms with Crippen LogP contribution < -0.4 is 10.1 Å². The fraction of sp³-hybridized carbons (Fsp3) is 0.417. The molecule has 0 radical (unpaired) electrons. The SMILES string of the molecule is COc1ccc(CCNC(=O)C(C)O)cc1. The van der Waals surface area contributed by atoms with Gasteiger partial charge in [0.1, 0.15) is 11.9 Å². The summed E-state index contributed by atoms with van der Waals surface area (Å²) in [7, 11) is 1.62. The fourth-order valence-corrected chi connectivity index (χ4v) is 1.27. The number of amides is 1. The van der Waals surface area contributed by atoms with Gasteiger partial charge in [0, 0.05) is 6.54 Å². The molecule has 0 fully saturated rings. The highest BCUT2D eigenvalue weighted by atomic mass is 16.5. The summed E-state index contributed by atoms with van der Waals surface area (Å²) in [6.07, 6.45) is -0.210. The van der Waals surface area contributed by atoms with Gasteiger partial charge in [-0.2, -0.15) is 0 Å². The molecule has 4 nitrogen and oxygen atoms in total. The van der Waals surface area contributed by atoms with Gasteiger partial charge in [0.05, 0.1) is 7.11 Å². The molecule has 0 bridgehead atoms. The summed E-state index contributed by atoms with van der Waals surface area (Å²) in [5, 5.41) is 11.6. The molecule has 0 aliphatic heterocycles. The predicted molar refractivity (Wildman–Crippen MR) is 61.4 cm³/mol. The van der Waals surface area contributed by atoms with Gasteiger partial charge in [-0.15, -0.1) is 0 Å². The molecule has 1 unspecified atom stereocenters. The van der Waals surface area contributed by atoms with Crippen molar-refractivity contribution in [3.8, 4) is 5.75 Å². The Morgan fingerprint density at radius 2 is 2.06 bits per heavy atom. The lowest BCUT2D eigenvalue weighted by molar-refractivity contribution is -0.128. The monoisotopic (exact) mass is 223 g/mol. The normalized spacial score (nSPS) is 11.9. The average molecular weight is 223 g/mol. The second-order valence-electron chi connectivity index (χ2n) is 3.57. The quantitative estimate of drug-likeness (QED) is 0.774. The van der Waals surface area contributed by atoms with Gasteiger partial charge in [-0.05, 0) is 31.0 Å². The third-order valence-electron chi connectivity index (χ3n) is 2.25. The smallest absolute Gasteiger partial charge is 0.248 e. The Morgan fingerprint density at radius 1 is 1.44 bits per heavy atom. The van der Waals surface area contributed by atoms with Gasteiger partial charge in [-0.1, -0.05) is 12.1 Å². The Labute approximate surface area is 95.2 Å². The Morgan fingerprint density at radius 3 is 2.56 bits per heavy atom. The van der Waals surface area contributed by atoms with Crippen LogP contribution in [0.5, 0.6) is 5.75 Å². The van der Waals surface area contributed by atoms with E-state index in [1.807, 2.05) is 24.3 Å². The van der Waals surface area contributed by atoms with Crippen LogP contribution in [-0.4, -0.2) is 30.8 Å². The Balaban J connectivity index is 2.34. The first-order valence-electron chi connectivity index (χ1n) is 5.22. The first-order chi connectivity index (χ1) is 7.63. The van der Waals surface area contributed by atoms with Gasteiger partial charge in [0.2, 0.25) is 5.91 Å². The topological polar surface area (TPSA) is 58.6 Å². The first kappa shape index (κ1) is 12.5. The highest BCUT2D eigenvalue weighted by molar-refractivity contribution is 5.79. The van der Waals surface area contributed by atoms with Gasteiger partial charge in [0.15, 0.2) is 0 Å². The molecule has 1 aromatic rings. The number of hydrogen-bond donors (Lipinski definition) is 2. The van der Waals surface area contributed by atoms with Crippen LogP contribution in [0.4, 0.5) is 0 Å². The predicted octanol–water partition coefficient (Wildman–Crippen LogP) is 0.735. The highest BCUT2D eigenvalue weighted by Crippen LogP contribution is 2.11. The molecular formula is C12H17NO3. The van der Waals surface area contributed by atoms with E-state index in [4.69, 9.17) is 9.84 Å². The number of hydrogen-bond acceptors (Lipinski definition) is 3. The number of benzene rings is 1. The van der Waals surface area contributed by atoms with Crippen molar-refractivity contribution >= 4 is 5.91 Å². The number of methoxy groups -OCH3 is 1. The second kappa shape index (κ2) is 6.12. The molecule has 4 heteroatoms. The van der Waals surface area contributed by atoms with E-state index in [2.05, 4.69) is 5.32 Å². The maximum absolute atomic E-state index is 11.1. The van der Waals surface area contributed by atoms with Crippen molar-refractivity contribution < 1.29 is 14.6 Å². The van der Waals surface area contributed by atoms with Crippen molar-refractivity contribution in [2.75, 3.05) is 13.7 Å². The minimum Gasteiger partial charge on any atom is -0.497 e. The largest absolute Gasteiger partial charge is 0.497 e. The van der Waals surface area contributed by atoms with Crippen LogP contribution >= 0.6 is 0 Å². The van der Waals surface area contributed by atoms with E-state index < -0.39 is 6.10 Å². The highest BCUT2D eigenvalue weighted by Gasteiger charge is 2.06. The van der Waals surface area contributed by atoms with Crippen LogP contribution in [0.3, 0.4) is 0 Å². The van der Waals surface area contributed by atoms with E-state index in [1.165, 1.54) is 6.92 Å². The van der Waals surface area contributed by atoms with Gasteiger partial charge in [-0.25, -0.2) is 0 Å². The van der Waals surface area contributed by atoms with E-state index in [-0.39, 0.29) is 5.91 Å². The molecule has 88 valence electrons. The lowest BCUT2D eigenvalue weighted by Gasteiger charge is -2.07. The van der Waals surface area contributed by atoms with Crippen molar-refractivity contribution in [1.82, 2.24) is 5.32 Å². The van der Waals surface area contributed by atoms with Crippen LogP contribution in [0, 0.1) is 0 Å². The first-order valence-corrected chi connectivity index (χ1v) is 5.22. The molecule has 0 saturated heterocycles. The maximum atomic E-state index is 11.1. The number of rotatable bonds is 5. The molecule has 0 aliphatic carbocycles. The number of aliphatic hydroxyl groups excluding tert-OH is 1. The molecule has 0 heterocycles. The zero-order valence-corrected chi connectivity index (χ0v) is 9.56. The molecular weight excluding hydrogens is 206 g/mol. The minimum absolute atomic E-state index is 0.339. The van der Waals surface area contributed by atoms with Crippen LogP contribution in [0.2, 0.25) is 0 Å². The van der Waals surface area contributed by atoms with Gasteiger partial charge >= 0.3 is 0 Å². The zero-order valence-electron chi connectivity index (χ0n) is 9.56. The number of aliphatic hydroxyl groups is 1. The van der Waals surface area contributed by atoms with E-state index in [0.717, 1.165) is 17.7 Å². The maximum Gasteiger partial charge on any atom is 0.248 e. The third-order valence-corrected chi connectivity index (χ3v) is 2.25. The molecule has 0 spiro atoms. The molecule has 0 aromatic heterocycles. The summed E-state index contributed by atoms with van der Waals surface area (Å²) in [6, 6.07) is 7.67. The molecule has 16 heavy (non-hydrogen) atoms. The van der Waals surface area contributed by atoms with E-state index in [1.54, 1.807) is 7.11 Å². The summed E-state index contributed by atoms with van der Waals surface area (Å²) in [5.41, 5.74) is 1.12. The summed E-state index contributed by atoms with van der Waals surface area (Å²) >= 11 is 0. The standard InChI is InChI=1S/C12H17NO3/c1-9(14)12(15)13-8-7-10-3-5-11(16-2)6-4-10/h3-6,9,14H,7-8H2,1-2H3,(H,13,15). The van der Waals surface area contributed by atoms with Gasteiger partial charge < -0.3 is 15.2 Å². The lowest BCUT2D eigenvalue weighted by Crippen LogP contribution is -2.33. The van der Waals surface area contributed by atoms with Crippen LogP contribution in [-0.2, 0) is 11.2 Å². The van der Waals surface area contributed by atoms with Gasteiger partial charge in [0.25, 0.3) is 0 Å². The van der Waals surface area contributed by atoms with Crippen molar-refractivity contribution in [1.29, 1.82) is 0 Å². The summed E-state index contributed by atoms with van der Waals surface area (Å²) < 4.78 is 5.04. The number of carbonyl (C=O) groups is 1. The van der Waals surface area contributed by atoms with Crippen molar-refractivity contribution in [3.63, 3.8) is 0 Å². The van der Waals surface area contributed by atoms with Crippen LogP contribution in [0.25, 0.3) is 0 Å². The van der Waals surface area contributed by atoms with Crippen molar-refractivity contribution in [2.24, 2.45) is 0 Å². The van der Waals surface area contributed by atoms with Crippen LogP contribution in [0.15, 0.2) is 24.3 Å². The molecule has 0 aliphatic rings.